The van der Waals surface area contributed by atoms with Gasteiger partial charge in [0.1, 0.15) is 5.82 Å². The fourth-order valence-corrected chi connectivity index (χ4v) is 3.02. The fraction of sp³-hybridized carbons (Fsp3) is 0.158. The van der Waals surface area contributed by atoms with E-state index in [0.29, 0.717) is 6.54 Å². The van der Waals surface area contributed by atoms with E-state index in [1.54, 1.807) is 18.5 Å². The summed E-state index contributed by atoms with van der Waals surface area (Å²) in [4.78, 5) is 10.6. The van der Waals surface area contributed by atoms with Gasteiger partial charge in [-0.2, -0.15) is 0 Å². The molecule has 23 heavy (non-hydrogen) atoms. The van der Waals surface area contributed by atoms with E-state index < -0.39 is 0 Å². The van der Waals surface area contributed by atoms with Crippen LogP contribution in [-0.2, 0) is 19.6 Å². The maximum absolute atomic E-state index is 14.5. The lowest BCUT2D eigenvalue weighted by Gasteiger charge is -2.15. The van der Waals surface area contributed by atoms with E-state index in [9.17, 15) is 4.39 Å². The first kappa shape index (κ1) is 14.0. The summed E-state index contributed by atoms with van der Waals surface area (Å²) in [5, 5.41) is 0. The Morgan fingerprint density at radius 3 is 2.61 bits per heavy atom. The molecule has 3 heterocycles. The van der Waals surface area contributed by atoms with Crippen molar-refractivity contribution < 1.29 is 4.39 Å². The Morgan fingerprint density at radius 2 is 1.83 bits per heavy atom. The molecule has 1 aliphatic heterocycles. The van der Waals surface area contributed by atoms with Gasteiger partial charge in [-0.1, -0.05) is 18.2 Å². The van der Waals surface area contributed by atoms with Crippen molar-refractivity contribution in [3.8, 4) is 11.1 Å². The maximum Gasteiger partial charge on any atom is 0.128 e. The first-order valence-corrected chi connectivity index (χ1v) is 7.63. The minimum Gasteiger partial charge on any atom is -0.289 e. The number of pyridine rings is 2. The summed E-state index contributed by atoms with van der Waals surface area (Å²) < 4.78 is 14.5. The average Bonchev–Trinajstić information content (AvgIpc) is 3.00. The summed E-state index contributed by atoms with van der Waals surface area (Å²) in [6, 6.07) is 13.3. The zero-order valence-corrected chi connectivity index (χ0v) is 12.6. The molecular weight excluding hydrogens is 289 g/mol. The van der Waals surface area contributed by atoms with Crippen LogP contribution in [0.5, 0.6) is 0 Å². The number of nitrogens with zero attached hydrogens (tertiary/aromatic N) is 3. The van der Waals surface area contributed by atoms with E-state index in [1.165, 1.54) is 5.56 Å². The number of fused-ring (bicyclic) bond motifs is 1. The summed E-state index contributed by atoms with van der Waals surface area (Å²) in [5.41, 5.74) is 4.90. The van der Waals surface area contributed by atoms with Crippen molar-refractivity contribution in [2.75, 3.05) is 0 Å². The third-order valence-electron chi connectivity index (χ3n) is 4.21. The smallest absolute Gasteiger partial charge is 0.128 e. The van der Waals surface area contributed by atoms with E-state index >= 15 is 0 Å². The summed E-state index contributed by atoms with van der Waals surface area (Å²) in [6.07, 6.45) is 5.25. The summed E-state index contributed by atoms with van der Waals surface area (Å²) in [5.74, 6) is -0.164. The van der Waals surface area contributed by atoms with Gasteiger partial charge in [0.2, 0.25) is 0 Å². The lowest BCUT2D eigenvalue weighted by Crippen LogP contribution is -2.16. The standard InChI is InChI=1S/C19H16FN3/c20-18-10-15(14-5-8-21-9-6-14)3-4-16(18)11-23-12-17-2-1-7-22-19(17)13-23/h1-10H,11-13H2. The van der Waals surface area contributed by atoms with Crippen molar-refractivity contribution in [2.24, 2.45) is 0 Å². The van der Waals surface area contributed by atoms with Crippen LogP contribution in [0.15, 0.2) is 61.1 Å². The van der Waals surface area contributed by atoms with Gasteiger partial charge in [0.25, 0.3) is 0 Å². The molecule has 0 saturated carbocycles. The van der Waals surface area contributed by atoms with Crippen LogP contribution in [0.1, 0.15) is 16.8 Å². The van der Waals surface area contributed by atoms with Gasteiger partial charge in [-0.3, -0.25) is 14.9 Å². The molecule has 3 nitrogen and oxygen atoms in total. The number of rotatable bonds is 3. The Labute approximate surface area is 134 Å². The molecule has 0 amide bonds. The van der Waals surface area contributed by atoms with Crippen LogP contribution in [-0.4, -0.2) is 14.9 Å². The molecule has 0 saturated heterocycles. The largest absolute Gasteiger partial charge is 0.289 e. The van der Waals surface area contributed by atoms with Crippen molar-refractivity contribution in [3.05, 3.63) is 83.7 Å². The molecule has 0 spiro atoms. The number of hydrogen-bond donors (Lipinski definition) is 0. The van der Waals surface area contributed by atoms with E-state index in [0.717, 1.165) is 35.5 Å². The molecule has 2 aromatic heterocycles. The van der Waals surface area contributed by atoms with Gasteiger partial charge in [-0.15, -0.1) is 0 Å². The second kappa shape index (κ2) is 5.89. The minimum atomic E-state index is -0.164. The van der Waals surface area contributed by atoms with E-state index in [4.69, 9.17) is 0 Å². The second-order valence-corrected chi connectivity index (χ2v) is 5.80. The lowest BCUT2D eigenvalue weighted by molar-refractivity contribution is 0.270. The SMILES string of the molecule is Fc1cc(-c2ccncc2)ccc1CN1Cc2cccnc2C1. The number of benzene rings is 1. The molecule has 0 N–H and O–H groups in total. The van der Waals surface area contributed by atoms with Crippen LogP contribution in [0.25, 0.3) is 11.1 Å². The number of halogens is 1. The van der Waals surface area contributed by atoms with Crippen LogP contribution in [0.2, 0.25) is 0 Å². The molecule has 1 aliphatic rings. The quantitative estimate of drug-likeness (QED) is 0.737. The van der Waals surface area contributed by atoms with Crippen LogP contribution in [0.3, 0.4) is 0 Å². The third kappa shape index (κ3) is 2.85. The van der Waals surface area contributed by atoms with Gasteiger partial charge in [0.05, 0.1) is 5.69 Å². The summed E-state index contributed by atoms with van der Waals surface area (Å²) in [6.45, 7) is 2.20. The number of aromatic nitrogens is 2. The summed E-state index contributed by atoms with van der Waals surface area (Å²) >= 11 is 0. The topological polar surface area (TPSA) is 29.0 Å². The molecule has 114 valence electrons. The van der Waals surface area contributed by atoms with E-state index in [2.05, 4.69) is 20.9 Å². The van der Waals surface area contributed by atoms with Crippen molar-refractivity contribution >= 4 is 0 Å². The maximum atomic E-state index is 14.5. The Balaban J connectivity index is 1.53. The second-order valence-electron chi connectivity index (χ2n) is 5.80. The Hall–Kier alpha value is -2.59. The van der Waals surface area contributed by atoms with Crippen molar-refractivity contribution in [2.45, 2.75) is 19.6 Å². The number of hydrogen-bond acceptors (Lipinski definition) is 3. The first-order chi connectivity index (χ1) is 11.3. The highest BCUT2D eigenvalue weighted by atomic mass is 19.1. The molecule has 0 unspecified atom stereocenters. The molecule has 0 aliphatic carbocycles. The van der Waals surface area contributed by atoms with Crippen LogP contribution >= 0.6 is 0 Å². The van der Waals surface area contributed by atoms with Crippen molar-refractivity contribution in [3.63, 3.8) is 0 Å². The molecule has 1 aromatic carbocycles. The predicted octanol–water partition coefficient (Wildman–Crippen LogP) is 3.80. The van der Waals surface area contributed by atoms with Crippen LogP contribution in [0, 0.1) is 5.82 Å². The molecule has 0 bridgehead atoms. The Bertz CT molecular complexity index is 808. The predicted molar refractivity (Wildman–Crippen MR) is 86.8 cm³/mol. The fourth-order valence-electron chi connectivity index (χ4n) is 3.02. The van der Waals surface area contributed by atoms with Crippen molar-refractivity contribution in [1.29, 1.82) is 0 Å². The van der Waals surface area contributed by atoms with Gasteiger partial charge in [-0.05, 0) is 41.0 Å². The van der Waals surface area contributed by atoms with E-state index in [-0.39, 0.29) is 5.82 Å². The van der Waals surface area contributed by atoms with Crippen LogP contribution < -0.4 is 0 Å². The highest BCUT2D eigenvalue weighted by Crippen LogP contribution is 2.25. The zero-order valence-electron chi connectivity index (χ0n) is 12.6. The third-order valence-corrected chi connectivity index (χ3v) is 4.21. The monoisotopic (exact) mass is 305 g/mol. The Morgan fingerprint density at radius 1 is 0.957 bits per heavy atom. The zero-order chi connectivity index (χ0) is 15.6. The van der Waals surface area contributed by atoms with Gasteiger partial charge in [-0.25, -0.2) is 4.39 Å². The van der Waals surface area contributed by atoms with Crippen molar-refractivity contribution in [1.82, 2.24) is 14.9 Å². The highest BCUT2D eigenvalue weighted by Gasteiger charge is 2.20. The molecule has 4 rings (SSSR count). The van der Waals surface area contributed by atoms with Gasteiger partial charge in [0.15, 0.2) is 0 Å². The summed E-state index contributed by atoms with van der Waals surface area (Å²) in [7, 11) is 0. The van der Waals surface area contributed by atoms with Gasteiger partial charge < -0.3 is 0 Å². The van der Waals surface area contributed by atoms with E-state index in [1.807, 2.05) is 36.5 Å². The van der Waals surface area contributed by atoms with Gasteiger partial charge >= 0.3 is 0 Å². The molecule has 0 radical (unpaired) electrons. The molecular formula is C19H16FN3. The van der Waals surface area contributed by atoms with Crippen LogP contribution in [0.4, 0.5) is 4.39 Å². The molecule has 3 aromatic rings. The average molecular weight is 305 g/mol. The first-order valence-electron chi connectivity index (χ1n) is 7.63. The van der Waals surface area contributed by atoms with Gasteiger partial charge in [0, 0.05) is 43.8 Å². The molecule has 0 atom stereocenters. The molecule has 4 heteroatoms. The highest BCUT2D eigenvalue weighted by molar-refractivity contribution is 5.63. The minimum absolute atomic E-state index is 0.164. The molecule has 0 fully saturated rings. The lowest BCUT2D eigenvalue weighted by atomic mass is 10.0. The normalized spacial score (nSPS) is 14.0. The Kier molecular flexibility index (Phi) is 3.60.